The SMILES string of the molecule is O=C(CCN1C(=O)SC(=Cc2ccccc2)C1=O)N[C@@H]1CSC[C@@H]1O. The molecule has 2 N–H and O–H groups in total. The summed E-state index contributed by atoms with van der Waals surface area (Å²) in [7, 11) is 0. The molecule has 0 aliphatic carbocycles. The fourth-order valence-electron chi connectivity index (χ4n) is 2.57. The van der Waals surface area contributed by atoms with Crippen LogP contribution >= 0.6 is 23.5 Å². The number of hydrogen-bond donors (Lipinski definition) is 2. The van der Waals surface area contributed by atoms with Crippen LogP contribution in [0.4, 0.5) is 4.79 Å². The van der Waals surface area contributed by atoms with Crippen LogP contribution in [0.15, 0.2) is 35.2 Å². The zero-order chi connectivity index (χ0) is 17.8. The van der Waals surface area contributed by atoms with Crippen molar-refractivity contribution in [3.05, 3.63) is 40.8 Å². The molecule has 2 aliphatic rings. The maximum Gasteiger partial charge on any atom is 0.293 e. The molecule has 132 valence electrons. The molecule has 0 saturated carbocycles. The van der Waals surface area contributed by atoms with Crippen LogP contribution in [0.2, 0.25) is 0 Å². The number of carbonyl (C=O) groups is 3. The minimum atomic E-state index is -0.542. The standard InChI is InChI=1S/C17H18N2O4S2/c20-13-10-24-9-12(13)18-15(21)6-7-19-16(22)14(25-17(19)23)8-11-4-2-1-3-5-11/h1-5,8,12-13,20H,6-7,9-10H2,(H,18,21)/t12-,13+/m1/s1. The first-order valence-corrected chi connectivity index (χ1v) is 9.87. The summed E-state index contributed by atoms with van der Waals surface area (Å²) in [6.07, 6.45) is 1.17. The fourth-order valence-corrected chi connectivity index (χ4v) is 4.60. The summed E-state index contributed by atoms with van der Waals surface area (Å²) < 4.78 is 0. The number of aliphatic hydroxyl groups is 1. The molecule has 2 atom stereocenters. The van der Waals surface area contributed by atoms with Crippen LogP contribution in [0.1, 0.15) is 12.0 Å². The lowest BCUT2D eigenvalue weighted by molar-refractivity contribution is -0.124. The van der Waals surface area contributed by atoms with Crippen LogP contribution in [0.5, 0.6) is 0 Å². The van der Waals surface area contributed by atoms with Crippen molar-refractivity contribution < 1.29 is 19.5 Å². The highest BCUT2D eigenvalue weighted by molar-refractivity contribution is 8.18. The number of amides is 3. The molecule has 2 heterocycles. The predicted molar refractivity (Wildman–Crippen MR) is 99.0 cm³/mol. The molecule has 8 heteroatoms. The quantitative estimate of drug-likeness (QED) is 0.759. The monoisotopic (exact) mass is 378 g/mol. The molecule has 3 amide bonds. The Morgan fingerprint density at radius 2 is 2.04 bits per heavy atom. The van der Waals surface area contributed by atoms with E-state index in [4.69, 9.17) is 0 Å². The normalized spacial score (nSPS) is 25.0. The molecule has 2 fully saturated rings. The maximum atomic E-state index is 12.4. The highest BCUT2D eigenvalue weighted by Crippen LogP contribution is 2.32. The Kier molecular flexibility index (Phi) is 5.82. The van der Waals surface area contributed by atoms with Gasteiger partial charge in [0.1, 0.15) is 0 Å². The summed E-state index contributed by atoms with van der Waals surface area (Å²) >= 11 is 2.47. The Balaban J connectivity index is 1.56. The number of aliphatic hydroxyl groups excluding tert-OH is 1. The van der Waals surface area contributed by atoms with Gasteiger partial charge in [-0.15, -0.1) is 0 Å². The van der Waals surface area contributed by atoms with Crippen molar-refractivity contribution >= 4 is 46.7 Å². The second-order valence-corrected chi connectivity index (χ2v) is 7.84. The lowest BCUT2D eigenvalue weighted by atomic mass is 10.2. The van der Waals surface area contributed by atoms with Crippen LogP contribution in [-0.4, -0.2) is 57.3 Å². The van der Waals surface area contributed by atoms with Gasteiger partial charge in [0.25, 0.3) is 11.1 Å². The fraction of sp³-hybridized carbons (Fsp3) is 0.353. The van der Waals surface area contributed by atoms with E-state index in [1.807, 2.05) is 30.3 Å². The van der Waals surface area contributed by atoms with Gasteiger partial charge in [0, 0.05) is 24.5 Å². The van der Waals surface area contributed by atoms with Crippen molar-refractivity contribution in [3.63, 3.8) is 0 Å². The molecule has 1 aromatic carbocycles. The third-order valence-electron chi connectivity index (χ3n) is 3.93. The van der Waals surface area contributed by atoms with Gasteiger partial charge in [0.2, 0.25) is 5.91 Å². The van der Waals surface area contributed by atoms with E-state index in [-0.39, 0.29) is 36.1 Å². The van der Waals surface area contributed by atoms with E-state index < -0.39 is 6.10 Å². The maximum absolute atomic E-state index is 12.4. The number of nitrogens with one attached hydrogen (secondary N) is 1. The molecule has 2 aliphatic heterocycles. The molecule has 2 saturated heterocycles. The Bertz CT molecular complexity index is 708. The lowest BCUT2D eigenvalue weighted by Crippen LogP contribution is -2.43. The van der Waals surface area contributed by atoms with Crippen LogP contribution in [-0.2, 0) is 9.59 Å². The summed E-state index contributed by atoms with van der Waals surface area (Å²) in [6, 6.07) is 9.04. The van der Waals surface area contributed by atoms with Crippen LogP contribution < -0.4 is 5.32 Å². The van der Waals surface area contributed by atoms with Gasteiger partial charge in [-0.1, -0.05) is 30.3 Å². The van der Waals surface area contributed by atoms with Gasteiger partial charge in [-0.25, -0.2) is 0 Å². The van der Waals surface area contributed by atoms with E-state index in [0.29, 0.717) is 16.4 Å². The highest BCUT2D eigenvalue weighted by atomic mass is 32.2. The highest BCUT2D eigenvalue weighted by Gasteiger charge is 2.35. The molecule has 0 aromatic heterocycles. The summed E-state index contributed by atoms with van der Waals surface area (Å²) in [5.41, 5.74) is 0.846. The van der Waals surface area contributed by atoms with Crippen molar-refractivity contribution in [2.24, 2.45) is 0 Å². The Labute approximate surface area is 154 Å². The smallest absolute Gasteiger partial charge is 0.293 e. The third kappa shape index (κ3) is 4.45. The van der Waals surface area contributed by atoms with E-state index in [1.54, 1.807) is 17.8 Å². The average molecular weight is 378 g/mol. The predicted octanol–water partition coefficient (Wildman–Crippen LogP) is 1.71. The van der Waals surface area contributed by atoms with Gasteiger partial charge in [-0.05, 0) is 23.4 Å². The van der Waals surface area contributed by atoms with Gasteiger partial charge < -0.3 is 10.4 Å². The molecule has 0 bridgehead atoms. The summed E-state index contributed by atoms with van der Waals surface area (Å²) in [6.45, 7) is 0.0403. The lowest BCUT2D eigenvalue weighted by Gasteiger charge is -2.17. The van der Waals surface area contributed by atoms with E-state index in [9.17, 15) is 19.5 Å². The van der Waals surface area contributed by atoms with Crippen molar-refractivity contribution in [1.82, 2.24) is 10.2 Å². The van der Waals surface area contributed by atoms with Gasteiger partial charge in [-0.3, -0.25) is 19.3 Å². The number of rotatable bonds is 5. The third-order valence-corrected chi connectivity index (χ3v) is 6.01. The number of carbonyl (C=O) groups excluding carboxylic acids is 3. The molecule has 6 nitrogen and oxygen atoms in total. The van der Waals surface area contributed by atoms with Crippen LogP contribution in [0, 0.1) is 0 Å². The number of hydrogen-bond acceptors (Lipinski definition) is 6. The second kappa shape index (κ2) is 8.07. The zero-order valence-corrected chi connectivity index (χ0v) is 15.0. The average Bonchev–Trinajstić information content (AvgIpc) is 3.11. The number of imide groups is 1. The van der Waals surface area contributed by atoms with Crippen molar-refractivity contribution in [2.75, 3.05) is 18.1 Å². The van der Waals surface area contributed by atoms with E-state index in [1.165, 1.54) is 0 Å². The first-order valence-electron chi connectivity index (χ1n) is 7.90. The van der Waals surface area contributed by atoms with Gasteiger partial charge in [0.05, 0.1) is 17.1 Å². The minimum Gasteiger partial charge on any atom is -0.390 e. The van der Waals surface area contributed by atoms with Gasteiger partial charge >= 0.3 is 0 Å². The first-order chi connectivity index (χ1) is 12.0. The minimum absolute atomic E-state index is 0.0323. The van der Waals surface area contributed by atoms with E-state index in [2.05, 4.69) is 5.32 Å². The number of benzene rings is 1. The van der Waals surface area contributed by atoms with Crippen LogP contribution in [0.3, 0.4) is 0 Å². The van der Waals surface area contributed by atoms with Crippen molar-refractivity contribution in [1.29, 1.82) is 0 Å². The molecule has 0 spiro atoms. The topological polar surface area (TPSA) is 86.7 Å². The van der Waals surface area contributed by atoms with Crippen molar-refractivity contribution in [3.8, 4) is 0 Å². The summed E-state index contributed by atoms with van der Waals surface area (Å²) in [5, 5.41) is 12.1. The first kappa shape index (κ1) is 18.0. The van der Waals surface area contributed by atoms with E-state index in [0.717, 1.165) is 22.2 Å². The molecule has 0 radical (unpaired) electrons. The number of thioether (sulfide) groups is 2. The largest absolute Gasteiger partial charge is 0.390 e. The second-order valence-electron chi connectivity index (χ2n) is 5.77. The molecular weight excluding hydrogens is 360 g/mol. The Hall–Kier alpha value is -1.77. The molecule has 1 aromatic rings. The summed E-state index contributed by atoms with van der Waals surface area (Å²) in [5.74, 6) is 0.646. The van der Waals surface area contributed by atoms with E-state index >= 15 is 0 Å². The molecule has 25 heavy (non-hydrogen) atoms. The van der Waals surface area contributed by atoms with Gasteiger partial charge in [0.15, 0.2) is 0 Å². The molecular formula is C17H18N2O4S2. The Morgan fingerprint density at radius 3 is 2.72 bits per heavy atom. The zero-order valence-electron chi connectivity index (χ0n) is 13.4. The molecule has 0 unspecified atom stereocenters. The van der Waals surface area contributed by atoms with Crippen LogP contribution in [0.25, 0.3) is 6.08 Å². The Morgan fingerprint density at radius 1 is 1.28 bits per heavy atom. The van der Waals surface area contributed by atoms with Gasteiger partial charge in [-0.2, -0.15) is 11.8 Å². The number of nitrogens with zero attached hydrogens (tertiary/aromatic N) is 1. The van der Waals surface area contributed by atoms with Crippen molar-refractivity contribution in [2.45, 2.75) is 18.6 Å². The summed E-state index contributed by atoms with van der Waals surface area (Å²) in [4.78, 5) is 37.9. The molecule has 3 rings (SSSR count).